The highest BCUT2D eigenvalue weighted by Gasteiger charge is 2.36. The third kappa shape index (κ3) is 2.07. The van der Waals surface area contributed by atoms with Gasteiger partial charge in [-0.15, -0.1) is 0 Å². The molecule has 1 heterocycles. The first kappa shape index (κ1) is 12.2. The van der Waals surface area contributed by atoms with Crippen LogP contribution in [0.1, 0.15) is 31.0 Å². The van der Waals surface area contributed by atoms with Crippen LogP contribution >= 0.6 is 0 Å². The van der Waals surface area contributed by atoms with Gasteiger partial charge >= 0.3 is 0 Å². The molecule has 0 bridgehead atoms. The Morgan fingerprint density at radius 1 is 1.17 bits per heavy atom. The van der Waals surface area contributed by atoms with E-state index in [9.17, 15) is 0 Å². The van der Waals surface area contributed by atoms with E-state index in [-0.39, 0.29) is 6.04 Å². The summed E-state index contributed by atoms with van der Waals surface area (Å²) < 4.78 is 5.81. The van der Waals surface area contributed by atoms with Crippen molar-refractivity contribution >= 4 is 0 Å². The Morgan fingerprint density at radius 2 is 1.83 bits per heavy atom. The molecule has 1 aromatic carbocycles. The minimum atomic E-state index is 0.152. The molecule has 0 aromatic heterocycles. The average Bonchev–Trinajstić information content (AvgIpc) is 2.66. The Labute approximate surface area is 109 Å². The molecular weight excluding hydrogens is 224 g/mol. The minimum absolute atomic E-state index is 0.152. The van der Waals surface area contributed by atoms with Gasteiger partial charge in [0.2, 0.25) is 0 Å². The number of fused-ring (bicyclic) bond motifs is 1. The molecular formula is C15H22N2O. The predicted octanol–water partition coefficient (Wildman–Crippen LogP) is 1.72. The molecule has 1 aliphatic heterocycles. The first-order valence-electron chi connectivity index (χ1n) is 6.88. The van der Waals surface area contributed by atoms with Crippen molar-refractivity contribution in [3.63, 3.8) is 0 Å². The highest BCUT2D eigenvalue weighted by atomic mass is 16.5. The summed E-state index contributed by atoms with van der Waals surface area (Å²) in [6.45, 7) is 6.29. The zero-order chi connectivity index (χ0) is 12.7. The van der Waals surface area contributed by atoms with Crippen LogP contribution in [0, 0.1) is 0 Å². The van der Waals surface area contributed by atoms with E-state index in [0.29, 0.717) is 18.2 Å². The van der Waals surface area contributed by atoms with Crippen molar-refractivity contribution in [2.24, 2.45) is 5.73 Å². The Kier molecular flexibility index (Phi) is 3.14. The van der Waals surface area contributed by atoms with Gasteiger partial charge in [0.15, 0.2) is 0 Å². The van der Waals surface area contributed by atoms with Gasteiger partial charge in [0.05, 0.1) is 12.2 Å². The van der Waals surface area contributed by atoms with Gasteiger partial charge in [0, 0.05) is 25.2 Å². The van der Waals surface area contributed by atoms with E-state index in [1.807, 2.05) is 0 Å². The van der Waals surface area contributed by atoms with Gasteiger partial charge in [-0.1, -0.05) is 24.3 Å². The van der Waals surface area contributed by atoms with E-state index in [1.165, 1.54) is 11.1 Å². The Morgan fingerprint density at radius 3 is 2.50 bits per heavy atom. The third-order valence-electron chi connectivity index (χ3n) is 4.17. The number of hydrogen-bond donors (Lipinski definition) is 1. The predicted molar refractivity (Wildman–Crippen MR) is 72.4 cm³/mol. The van der Waals surface area contributed by atoms with Crippen molar-refractivity contribution in [3.05, 3.63) is 35.4 Å². The van der Waals surface area contributed by atoms with Crippen molar-refractivity contribution in [2.45, 2.75) is 44.6 Å². The average molecular weight is 246 g/mol. The molecule has 1 aromatic rings. The molecule has 18 heavy (non-hydrogen) atoms. The molecule has 1 aliphatic carbocycles. The lowest BCUT2D eigenvalue weighted by Gasteiger charge is -2.40. The van der Waals surface area contributed by atoms with Gasteiger partial charge in [-0.25, -0.2) is 0 Å². The summed E-state index contributed by atoms with van der Waals surface area (Å²) in [4.78, 5) is 2.52. The second-order valence-electron chi connectivity index (χ2n) is 5.71. The fraction of sp³-hybridized carbons (Fsp3) is 0.600. The molecule has 3 heteroatoms. The summed E-state index contributed by atoms with van der Waals surface area (Å²) in [5, 5.41) is 0. The van der Waals surface area contributed by atoms with Crippen LogP contribution < -0.4 is 5.73 Å². The van der Waals surface area contributed by atoms with Gasteiger partial charge < -0.3 is 10.5 Å². The van der Waals surface area contributed by atoms with Crippen molar-refractivity contribution in [1.29, 1.82) is 0 Å². The number of nitrogens with zero attached hydrogens (tertiary/aromatic N) is 1. The standard InChI is InChI=1S/C15H22N2O/c1-10-8-17(9-11(2)18-10)14-7-12-5-3-4-6-13(12)15(14)16/h3-6,10-11,14-15H,7-9,16H2,1-2H3/t10-,11+,14?,15?. The molecule has 1 fully saturated rings. The van der Waals surface area contributed by atoms with Crippen LogP contribution in [0.5, 0.6) is 0 Å². The summed E-state index contributed by atoms with van der Waals surface area (Å²) in [6, 6.07) is 9.18. The lowest BCUT2D eigenvalue weighted by molar-refractivity contribution is -0.0818. The summed E-state index contributed by atoms with van der Waals surface area (Å²) in [5.41, 5.74) is 9.18. The van der Waals surface area contributed by atoms with Crippen molar-refractivity contribution < 1.29 is 4.74 Å². The second kappa shape index (κ2) is 4.65. The fourth-order valence-electron chi connectivity index (χ4n) is 3.45. The van der Waals surface area contributed by atoms with Gasteiger partial charge in [-0.05, 0) is 31.4 Å². The van der Waals surface area contributed by atoms with Crippen LogP contribution in [0.15, 0.2) is 24.3 Å². The van der Waals surface area contributed by atoms with Crippen LogP contribution in [0.25, 0.3) is 0 Å². The highest BCUT2D eigenvalue weighted by molar-refractivity contribution is 5.36. The van der Waals surface area contributed by atoms with Crippen molar-refractivity contribution in [1.82, 2.24) is 4.90 Å². The smallest absolute Gasteiger partial charge is 0.0678 e. The number of benzene rings is 1. The van der Waals surface area contributed by atoms with Gasteiger partial charge in [0.1, 0.15) is 0 Å². The molecule has 2 unspecified atom stereocenters. The van der Waals surface area contributed by atoms with Crippen LogP contribution in [0.4, 0.5) is 0 Å². The lowest BCUT2D eigenvalue weighted by atomic mass is 10.1. The first-order chi connectivity index (χ1) is 8.65. The zero-order valence-electron chi connectivity index (χ0n) is 11.2. The SMILES string of the molecule is C[C@@H]1CN(C2Cc3ccccc3C2N)C[C@H](C)O1. The molecule has 2 aliphatic rings. The maximum absolute atomic E-state index is 6.43. The van der Waals surface area contributed by atoms with E-state index < -0.39 is 0 Å². The van der Waals surface area contributed by atoms with Crippen molar-refractivity contribution in [3.8, 4) is 0 Å². The normalized spacial score (nSPS) is 36.6. The van der Waals surface area contributed by atoms with Gasteiger partial charge in [-0.3, -0.25) is 4.90 Å². The second-order valence-corrected chi connectivity index (χ2v) is 5.71. The first-order valence-corrected chi connectivity index (χ1v) is 6.88. The number of rotatable bonds is 1. The number of ether oxygens (including phenoxy) is 1. The highest BCUT2D eigenvalue weighted by Crippen LogP contribution is 2.33. The molecule has 2 N–H and O–H groups in total. The Balaban J connectivity index is 1.79. The molecule has 98 valence electrons. The topological polar surface area (TPSA) is 38.5 Å². The van der Waals surface area contributed by atoms with Gasteiger partial charge in [-0.2, -0.15) is 0 Å². The zero-order valence-corrected chi connectivity index (χ0v) is 11.2. The van der Waals surface area contributed by atoms with E-state index >= 15 is 0 Å². The maximum Gasteiger partial charge on any atom is 0.0678 e. The lowest BCUT2D eigenvalue weighted by Crippen LogP contribution is -2.52. The van der Waals surface area contributed by atoms with Crippen LogP contribution in [0.2, 0.25) is 0 Å². The number of morpholine rings is 1. The Hall–Kier alpha value is -0.900. The maximum atomic E-state index is 6.43. The monoisotopic (exact) mass is 246 g/mol. The molecule has 0 amide bonds. The summed E-state index contributed by atoms with van der Waals surface area (Å²) in [6.07, 6.45) is 1.70. The fourth-order valence-corrected chi connectivity index (χ4v) is 3.45. The molecule has 3 rings (SSSR count). The summed E-state index contributed by atoms with van der Waals surface area (Å²) in [5.74, 6) is 0. The molecule has 3 nitrogen and oxygen atoms in total. The quantitative estimate of drug-likeness (QED) is 0.820. The van der Waals surface area contributed by atoms with E-state index in [4.69, 9.17) is 10.5 Å². The Bertz CT molecular complexity index is 424. The van der Waals surface area contributed by atoms with Crippen LogP contribution in [-0.4, -0.2) is 36.2 Å². The summed E-state index contributed by atoms with van der Waals surface area (Å²) in [7, 11) is 0. The summed E-state index contributed by atoms with van der Waals surface area (Å²) >= 11 is 0. The van der Waals surface area contributed by atoms with Crippen LogP contribution in [-0.2, 0) is 11.2 Å². The number of nitrogens with two attached hydrogens (primary N) is 1. The van der Waals surface area contributed by atoms with Crippen molar-refractivity contribution in [2.75, 3.05) is 13.1 Å². The molecule has 1 saturated heterocycles. The molecule has 0 saturated carbocycles. The van der Waals surface area contributed by atoms with Gasteiger partial charge in [0.25, 0.3) is 0 Å². The number of hydrogen-bond acceptors (Lipinski definition) is 3. The van der Waals surface area contributed by atoms with E-state index in [0.717, 1.165) is 19.5 Å². The third-order valence-corrected chi connectivity index (χ3v) is 4.17. The minimum Gasteiger partial charge on any atom is -0.373 e. The molecule has 4 atom stereocenters. The van der Waals surface area contributed by atoms with Crippen LogP contribution in [0.3, 0.4) is 0 Å². The molecule has 0 spiro atoms. The largest absolute Gasteiger partial charge is 0.373 e. The van der Waals surface area contributed by atoms with E-state index in [1.54, 1.807) is 0 Å². The van der Waals surface area contributed by atoms with E-state index in [2.05, 4.69) is 43.0 Å². The molecule has 0 radical (unpaired) electrons.